The molecule has 0 saturated heterocycles. The Labute approximate surface area is 163 Å². The molecule has 0 radical (unpaired) electrons. The lowest BCUT2D eigenvalue weighted by atomic mass is 10.1. The average Bonchev–Trinajstić information content (AvgIpc) is 2.67. The predicted octanol–water partition coefficient (Wildman–Crippen LogP) is 3.74. The van der Waals surface area contributed by atoms with Gasteiger partial charge in [0.2, 0.25) is 11.8 Å². The second-order valence-corrected chi connectivity index (χ2v) is 7.34. The van der Waals surface area contributed by atoms with Crippen molar-refractivity contribution in [1.82, 2.24) is 10.2 Å². The first kappa shape index (κ1) is 20.3. The van der Waals surface area contributed by atoms with Crippen LogP contribution >= 0.6 is 23.4 Å². The van der Waals surface area contributed by atoms with E-state index in [0.717, 1.165) is 16.9 Å². The van der Waals surface area contributed by atoms with Crippen molar-refractivity contribution in [3.63, 3.8) is 0 Å². The summed E-state index contributed by atoms with van der Waals surface area (Å²) in [7, 11) is 1.58. The molecule has 0 aliphatic carbocycles. The number of rotatable bonds is 8. The van der Waals surface area contributed by atoms with Gasteiger partial charge in [0.15, 0.2) is 0 Å². The highest BCUT2D eigenvalue weighted by Crippen LogP contribution is 2.17. The van der Waals surface area contributed by atoms with E-state index in [2.05, 4.69) is 5.32 Å². The van der Waals surface area contributed by atoms with Gasteiger partial charge in [-0.3, -0.25) is 9.59 Å². The van der Waals surface area contributed by atoms with E-state index in [-0.39, 0.29) is 11.8 Å². The zero-order valence-electron chi connectivity index (χ0n) is 14.9. The van der Waals surface area contributed by atoms with E-state index < -0.39 is 6.04 Å². The molecule has 0 unspecified atom stereocenters. The van der Waals surface area contributed by atoms with Crippen LogP contribution < -0.4 is 5.32 Å². The van der Waals surface area contributed by atoms with E-state index in [1.807, 2.05) is 54.6 Å². The van der Waals surface area contributed by atoms with Crippen molar-refractivity contribution in [3.8, 4) is 0 Å². The number of likely N-dealkylation sites (N-methyl/N-ethyl adjacent to an activating group) is 1. The van der Waals surface area contributed by atoms with Crippen LogP contribution in [-0.2, 0) is 21.9 Å². The first-order chi connectivity index (χ1) is 12.5. The fourth-order valence-electron chi connectivity index (χ4n) is 2.49. The number of nitrogens with one attached hydrogen (secondary N) is 1. The molecular weight excluding hydrogens is 368 g/mol. The summed E-state index contributed by atoms with van der Waals surface area (Å²) >= 11 is 7.42. The first-order valence-corrected chi connectivity index (χ1v) is 9.91. The molecule has 1 atom stereocenters. The van der Waals surface area contributed by atoms with E-state index in [0.29, 0.717) is 17.3 Å². The summed E-state index contributed by atoms with van der Waals surface area (Å²) in [5.74, 6) is 0.814. The standard InChI is InChI=1S/C20H23ClN2O2S/c1-15(20(25)22-2)23(12-16-6-4-3-5-7-16)19(24)14-26-13-17-8-10-18(21)11-9-17/h3-11,15H,12-14H2,1-2H3,(H,22,25)/t15-/m0/s1. The predicted molar refractivity (Wildman–Crippen MR) is 108 cm³/mol. The van der Waals surface area contributed by atoms with Crippen LogP contribution in [0.3, 0.4) is 0 Å². The van der Waals surface area contributed by atoms with Crippen LogP contribution in [0.15, 0.2) is 54.6 Å². The molecule has 0 aliphatic heterocycles. The van der Waals surface area contributed by atoms with E-state index in [9.17, 15) is 9.59 Å². The van der Waals surface area contributed by atoms with Gasteiger partial charge in [-0.1, -0.05) is 54.1 Å². The molecule has 0 heterocycles. The zero-order chi connectivity index (χ0) is 18.9. The van der Waals surface area contributed by atoms with Crippen LogP contribution in [0.25, 0.3) is 0 Å². The molecule has 0 spiro atoms. The zero-order valence-corrected chi connectivity index (χ0v) is 16.5. The molecule has 0 bridgehead atoms. The van der Waals surface area contributed by atoms with Crippen LogP contribution in [0.1, 0.15) is 18.1 Å². The quantitative estimate of drug-likeness (QED) is 0.747. The third kappa shape index (κ3) is 6.07. The maximum atomic E-state index is 12.8. The molecular formula is C20H23ClN2O2S. The second kappa shape index (κ2) is 10.2. The Bertz CT molecular complexity index is 722. The number of hydrogen-bond donors (Lipinski definition) is 1. The highest BCUT2D eigenvalue weighted by atomic mass is 35.5. The van der Waals surface area contributed by atoms with Crippen LogP contribution in [0.4, 0.5) is 0 Å². The first-order valence-electron chi connectivity index (χ1n) is 8.38. The van der Waals surface area contributed by atoms with Crippen LogP contribution in [0, 0.1) is 0 Å². The van der Waals surface area contributed by atoms with Gasteiger partial charge in [0.1, 0.15) is 6.04 Å². The molecule has 2 amide bonds. The summed E-state index contributed by atoms with van der Waals surface area (Å²) in [5, 5.41) is 3.32. The smallest absolute Gasteiger partial charge is 0.242 e. The number of benzene rings is 2. The van der Waals surface area contributed by atoms with E-state index in [1.54, 1.807) is 18.9 Å². The topological polar surface area (TPSA) is 49.4 Å². The Kier molecular flexibility index (Phi) is 8.01. The van der Waals surface area contributed by atoms with Crippen LogP contribution in [0.5, 0.6) is 0 Å². The van der Waals surface area contributed by atoms with Crippen molar-refractivity contribution in [2.45, 2.75) is 25.3 Å². The van der Waals surface area contributed by atoms with Gasteiger partial charge >= 0.3 is 0 Å². The van der Waals surface area contributed by atoms with Crippen molar-refractivity contribution >= 4 is 35.2 Å². The van der Waals surface area contributed by atoms with Gasteiger partial charge in [-0.15, -0.1) is 11.8 Å². The van der Waals surface area contributed by atoms with Crippen molar-refractivity contribution in [3.05, 3.63) is 70.7 Å². The molecule has 26 heavy (non-hydrogen) atoms. The number of hydrogen-bond acceptors (Lipinski definition) is 3. The lowest BCUT2D eigenvalue weighted by molar-refractivity contribution is -0.138. The number of carbonyl (C=O) groups excluding carboxylic acids is 2. The maximum Gasteiger partial charge on any atom is 0.242 e. The Balaban J connectivity index is 1.99. The molecule has 2 aromatic carbocycles. The monoisotopic (exact) mass is 390 g/mol. The summed E-state index contributed by atoms with van der Waals surface area (Å²) in [5.41, 5.74) is 2.11. The molecule has 2 rings (SSSR count). The summed E-state index contributed by atoms with van der Waals surface area (Å²) in [6, 6.07) is 16.8. The Morgan fingerprint density at radius 1 is 1.08 bits per heavy atom. The molecule has 0 aliphatic rings. The molecule has 138 valence electrons. The minimum absolute atomic E-state index is 0.0519. The maximum absolute atomic E-state index is 12.8. The van der Waals surface area contributed by atoms with Crippen LogP contribution in [0.2, 0.25) is 5.02 Å². The fourth-order valence-corrected chi connectivity index (χ4v) is 3.49. The third-order valence-electron chi connectivity index (χ3n) is 4.02. The van der Waals surface area contributed by atoms with Gasteiger partial charge in [-0.25, -0.2) is 0 Å². The minimum atomic E-state index is -0.524. The van der Waals surface area contributed by atoms with Crippen molar-refractivity contribution in [2.75, 3.05) is 12.8 Å². The lowest BCUT2D eigenvalue weighted by Crippen LogP contribution is -2.47. The Morgan fingerprint density at radius 3 is 2.35 bits per heavy atom. The lowest BCUT2D eigenvalue weighted by Gasteiger charge is -2.28. The van der Waals surface area contributed by atoms with Crippen molar-refractivity contribution < 1.29 is 9.59 Å². The molecule has 1 N–H and O–H groups in total. The van der Waals surface area contributed by atoms with Gasteiger partial charge in [0, 0.05) is 24.4 Å². The van der Waals surface area contributed by atoms with Crippen molar-refractivity contribution in [1.29, 1.82) is 0 Å². The largest absolute Gasteiger partial charge is 0.357 e. The molecule has 0 saturated carbocycles. The number of carbonyl (C=O) groups is 2. The van der Waals surface area contributed by atoms with E-state index >= 15 is 0 Å². The molecule has 0 fully saturated rings. The minimum Gasteiger partial charge on any atom is -0.357 e. The Morgan fingerprint density at radius 2 is 1.73 bits per heavy atom. The summed E-state index contributed by atoms with van der Waals surface area (Å²) in [6.45, 7) is 2.17. The number of amides is 2. The van der Waals surface area contributed by atoms with Crippen LogP contribution in [-0.4, -0.2) is 35.6 Å². The van der Waals surface area contributed by atoms with Gasteiger partial charge < -0.3 is 10.2 Å². The third-order valence-corrected chi connectivity index (χ3v) is 5.26. The van der Waals surface area contributed by atoms with Gasteiger partial charge in [0.25, 0.3) is 0 Å². The number of thioether (sulfide) groups is 1. The molecule has 6 heteroatoms. The second-order valence-electron chi connectivity index (χ2n) is 5.92. The number of nitrogens with zero attached hydrogens (tertiary/aromatic N) is 1. The average molecular weight is 391 g/mol. The van der Waals surface area contributed by atoms with E-state index in [4.69, 9.17) is 11.6 Å². The molecule has 2 aromatic rings. The van der Waals surface area contributed by atoms with Gasteiger partial charge in [-0.05, 0) is 30.2 Å². The van der Waals surface area contributed by atoms with E-state index in [1.165, 1.54) is 11.8 Å². The van der Waals surface area contributed by atoms with Gasteiger partial charge in [-0.2, -0.15) is 0 Å². The highest BCUT2D eigenvalue weighted by Gasteiger charge is 2.25. The highest BCUT2D eigenvalue weighted by molar-refractivity contribution is 7.99. The summed E-state index contributed by atoms with van der Waals surface area (Å²) in [4.78, 5) is 26.4. The normalized spacial score (nSPS) is 11.7. The van der Waals surface area contributed by atoms with Gasteiger partial charge in [0.05, 0.1) is 5.75 Å². The van der Waals surface area contributed by atoms with Crippen molar-refractivity contribution in [2.24, 2.45) is 0 Å². The summed E-state index contributed by atoms with van der Waals surface area (Å²) in [6.07, 6.45) is 0. The number of halogens is 1. The molecule has 0 aromatic heterocycles. The summed E-state index contributed by atoms with van der Waals surface area (Å²) < 4.78 is 0. The SMILES string of the molecule is CNC(=O)[C@H](C)N(Cc1ccccc1)C(=O)CSCc1ccc(Cl)cc1. The Hall–Kier alpha value is -1.98. The fraction of sp³-hybridized carbons (Fsp3) is 0.300. The molecule has 4 nitrogen and oxygen atoms in total.